The molecule has 19 heavy (non-hydrogen) atoms. The summed E-state index contributed by atoms with van der Waals surface area (Å²) in [4.78, 5) is 13.4. The highest BCUT2D eigenvalue weighted by atomic mass is 15.1. The van der Waals surface area contributed by atoms with Gasteiger partial charge < -0.3 is 5.32 Å². The van der Waals surface area contributed by atoms with Crippen LogP contribution < -0.4 is 5.32 Å². The summed E-state index contributed by atoms with van der Waals surface area (Å²) in [6.45, 7) is 4.40. The number of amidine groups is 2. The van der Waals surface area contributed by atoms with Gasteiger partial charge in [0.1, 0.15) is 11.9 Å². The Labute approximate surface area is 115 Å². The van der Waals surface area contributed by atoms with Gasteiger partial charge in [0.2, 0.25) is 0 Å². The Kier molecular flexibility index (Phi) is 4.88. The second kappa shape index (κ2) is 6.64. The quantitative estimate of drug-likeness (QED) is 0.733. The molecule has 2 aliphatic rings. The number of rotatable bonds is 6. The molecule has 2 aliphatic heterocycles. The fourth-order valence-corrected chi connectivity index (χ4v) is 2.50. The van der Waals surface area contributed by atoms with E-state index in [1.54, 1.807) is 7.05 Å². The molecule has 2 rings (SSSR count). The van der Waals surface area contributed by atoms with Crippen molar-refractivity contribution in [1.82, 2.24) is 5.32 Å². The molecular weight excluding hydrogens is 236 g/mol. The molecule has 4 nitrogen and oxygen atoms in total. The number of hydrogen-bond donors (Lipinski definition) is 1. The molecule has 4 heteroatoms. The molecule has 0 aromatic carbocycles. The first-order valence-corrected chi connectivity index (χ1v) is 7.37. The SMILES string of the molecule is CCCCCC1=C2NC(CCC)=NC(=NC)C2N=C1. The monoisotopic (exact) mass is 260 g/mol. The van der Waals surface area contributed by atoms with Crippen LogP contribution in [0.4, 0.5) is 0 Å². The maximum atomic E-state index is 4.57. The molecule has 0 fully saturated rings. The molecular formula is C15H24N4. The maximum absolute atomic E-state index is 4.57. The number of aliphatic imine (C=N–C) groups is 3. The highest BCUT2D eigenvalue weighted by molar-refractivity contribution is 6.08. The average molecular weight is 260 g/mol. The number of fused-ring (bicyclic) bond motifs is 1. The minimum atomic E-state index is 0.0160. The van der Waals surface area contributed by atoms with E-state index in [2.05, 4.69) is 34.1 Å². The molecule has 0 saturated carbocycles. The summed E-state index contributed by atoms with van der Waals surface area (Å²) in [6, 6.07) is 0.0160. The van der Waals surface area contributed by atoms with Crippen LogP contribution in [0.5, 0.6) is 0 Å². The maximum Gasteiger partial charge on any atom is 0.156 e. The molecule has 1 N–H and O–H groups in total. The van der Waals surface area contributed by atoms with Crippen molar-refractivity contribution in [3.63, 3.8) is 0 Å². The van der Waals surface area contributed by atoms with Gasteiger partial charge in [-0.05, 0) is 24.8 Å². The van der Waals surface area contributed by atoms with Crippen LogP contribution in [-0.4, -0.2) is 31.0 Å². The molecule has 0 amide bonds. The summed E-state index contributed by atoms with van der Waals surface area (Å²) in [5.74, 6) is 1.88. The lowest BCUT2D eigenvalue weighted by Crippen LogP contribution is -2.38. The van der Waals surface area contributed by atoms with E-state index in [1.807, 2.05) is 6.21 Å². The Morgan fingerprint density at radius 3 is 2.74 bits per heavy atom. The first kappa shape index (κ1) is 14.0. The van der Waals surface area contributed by atoms with Crippen molar-refractivity contribution in [1.29, 1.82) is 0 Å². The van der Waals surface area contributed by atoms with Crippen molar-refractivity contribution in [2.24, 2.45) is 15.0 Å². The molecule has 1 unspecified atom stereocenters. The van der Waals surface area contributed by atoms with Crippen molar-refractivity contribution in [2.75, 3.05) is 7.05 Å². The van der Waals surface area contributed by atoms with Gasteiger partial charge >= 0.3 is 0 Å². The van der Waals surface area contributed by atoms with E-state index in [1.165, 1.54) is 30.5 Å². The van der Waals surface area contributed by atoms with Crippen LogP contribution in [0.2, 0.25) is 0 Å². The van der Waals surface area contributed by atoms with Gasteiger partial charge in [-0.2, -0.15) is 0 Å². The van der Waals surface area contributed by atoms with Crippen molar-refractivity contribution < 1.29 is 0 Å². The normalized spacial score (nSPS) is 23.6. The number of allylic oxidation sites excluding steroid dienone is 1. The average Bonchev–Trinajstić information content (AvgIpc) is 2.82. The summed E-state index contributed by atoms with van der Waals surface area (Å²) >= 11 is 0. The molecule has 2 heterocycles. The Morgan fingerprint density at radius 2 is 2.05 bits per heavy atom. The van der Waals surface area contributed by atoms with Crippen LogP contribution in [-0.2, 0) is 0 Å². The van der Waals surface area contributed by atoms with Gasteiger partial charge in [-0.15, -0.1) is 0 Å². The van der Waals surface area contributed by atoms with E-state index in [0.29, 0.717) is 0 Å². The molecule has 0 bridgehead atoms. The molecule has 1 atom stereocenters. The predicted molar refractivity (Wildman–Crippen MR) is 82.3 cm³/mol. The number of unbranched alkanes of at least 4 members (excludes halogenated alkanes) is 2. The molecule has 0 saturated heterocycles. The van der Waals surface area contributed by atoms with Gasteiger partial charge in [-0.25, -0.2) is 4.99 Å². The zero-order valence-electron chi connectivity index (χ0n) is 12.2. The van der Waals surface area contributed by atoms with Crippen LogP contribution in [0.3, 0.4) is 0 Å². The smallest absolute Gasteiger partial charge is 0.156 e. The first-order chi connectivity index (χ1) is 9.30. The lowest BCUT2D eigenvalue weighted by molar-refractivity contribution is 0.717. The Bertz CT molecular complexity index is 443. The molecule has 104 valence electrons. The summed E-state index contributed by atoms with van der Waals surface area (Å²) in [6.07, 6.45) is 8.93. The Hall–Kier alpha value is -1.45. The van der Waals surface area contributed by atoms with Crippen LogP contribution in [0.1, 0.15) is 52.4 Å². The van der Waals surface area contributed by atoms with E-state index in [0.717, 1.165) is 30.9 Å². The van der Waals surface area contributed by atoms with E-state index in [9.17, 15) is 0 Å². The largest absolute Gasteiger partial charge is 0.345 e. The molecule has 0 aliphatic carbocycles. The first-order valence-electron chi connectivity index (χ1n) is 7.37. The van der Waals surface area contributed by atoms with Gasteiger partial charge in [0, 0.05) is 19.7 Å². The van der Waals surface area contributed by atoms with Gasteiger partial charge in [-0.3, -0.25) is 9.98 Å². The number of nitrogens with zero attached hydrogens (tertiary/aromatic N) is 3. The summed E-state index contributed by atoms with van der Waals surface area (Å²) in [5.41, 5.74) is 2.55. The van der Waals surface area contributed by atoms with Crippen molar-refractivity contribution in [3.05, 3.63) is 11.3 Å². The second-order valence-corrected chi connectivity index (χ2v) is 5.09. The van der Waals surface area contributed by atoms with Crippen LogP contribution in [0.15, 0.2) is 26.2 Å². The molecule has 0 radical (unpaired) electrons. The topological polar surface area (TPSA) is 49.1 Å². The second-order valence-electron chi connectivity index (χ2n) is 5.09. The van der Waals surface area contributed by atoms with E-state index in [-0.39, 0.29) is 6.04 Å². The highest BCUT2D eigenvalue weighted by Gasteiger charge is 2.30. The number of hydrogen-bond acceptors (Lipinski definition) is 3. The molecule has 0 spiro atoms. The van der Waals surface area contributed by atoms with Crippen LogP contribution in [0, 0.1) is 0 Å². The van der Waals surface area contributed by atoms with Crippen molar-refractivity contribution >= 4 is 17.9 Å². The zero-order chi connectivity index (χ0) is 13.7. The highest BCUT2D eigenvalue weighted by Crippen LogP contribution is 2.25. The third kappa shape index (κ3) is 3.11. The minimum Gasteiger partial charge on any atom is -0.345 e. The van der Waals surface area contributed by atoms with Gasteiger partial charge in [-0.1, -0.05) is 26.7 Å². The third-order valence-electron chi connectivity index (χ3n) is 3.54. The third-order valence-corrected chi connectivity index (χ3v) is 3.54. The molecule has 0 aromatic rings. The fourth-order valence-electron chi connectivity index (χ4n) is 2.50. The Morgan fingerprint density at radius 1 is 1.21 bits per heavy atom. The van der Waals surface area contributed by atoms with E-state index >= 15 is 0 Å². The summed E-state index contributed by atoms with van der Waals surface area (Å²) < 4.78 is 0. The minimum absolute atomic E-state index is 0.0160. The zero-order valence-corrected chi connectivity index (χ0v) is 12.2. The van der Waals surface area contributed by atoms with Crippen LogP contribution >= 0.6 is 0 Å². The predicted octanol–water partition coefficient (Wildman–Crippen LogP) is 3.10. The van der Waals surface area contributed by atoms with Gasteiger partial charge in [0.05, 0.1) is 5.70 Å². The fraction of sp³-hybridized carbons (Fsp3) is 0.667. The lowest BCUT2D eigenvalue weighted by atomic mass is 10.0. The lowest BCUT2D eigenvalue weighted by Gasteiger charge is -2.23. The van der Waals surface area contributed by atoms with Gasteiger partial charge in [0.15, 0.2) is 5.84 Å². The van der Waals surface area contributed by atoms with E-state index in [4.69, 9.17) is 0 Å². The summed E-state index contributed by atoms with van der Waals surface area (Å²) in [7, 11) is 1.80. The van der Waals surface area contributed by atoms with E-state index < -0.39 is 0 Å². The van der Waals surface area contributed by atoms with Crippen molar-refractivity contribution in [3.8, 4) is 0 Å². The number of nitrogens with one attached hydrogen (secondary N) is 1. The van der Waals surface area contributed by atoms with Gasteiger partial charge in [0.25, 0.3) is 0 Å². The van der Waals surface area contributed by atoms with Crippen LogP contribution in [0.25, 0.3) is 0 Å². The standard InChI is InChI=1S/C15H24N4/c1-4-6-7-9-11-10-17-14-13(11)18-12(8-5-2)19-15(14)16-3/h10,14H,4-9H2,1-3H3,(H,16,18,19). The van der Waals surface area contributed by atoms with Crippen molar-refractivity contribution in [2.45, 2.75) is 58.4 Å². The summed E-state index contributed by atoms with van der Waals surface area (Å²) in [5, 5.41) is 3.48. The molecule has 0 aromatic heterocycles. The Balaban J connectivity index is 2.16.